The minimum Gasteiger partial charge on any atom is -0.301 e. The lowest BCUT2D eigenvalue weighted by Gasteiger charge is -2.59. The second-order valence-electron chi connectivity index (χ2n) is 8.52. The van der Waals surface area contributed by atoms with Gasteiger partial charge in [0.05, 0.1) is 15.6 Å². The molecule has 2 atom stereocenters. The Morgan fingerprint density at radius 3 is 2.76 bits per heavy atom. The number of aryl methyl sites for hydroxylation is 1. The number of fused-ring (bicyclic) bond motifs is 1. The first kappa shape index (κ1) is 16.2. The maximum atomic E-state index is 13.2. The molecule has 0 aliphatic heterocycles. The molecular weight excluding hydrogens is 396 g/mol. The Balaban J connectivity index is 1.42. The lowest BCUT2D eigenvalue weighted by Crippen LogP contribution is -2.57. The normalized spacial score (nSPS) is 36.1. The third-order valence-corrected chi connectivity index (χ3v) is 8.41. The van der Waals surface area contributed by atoms with Crippen LogP contribution >= 0.6 is 27.3 Å². The smallest absolute Gasteiger partial charge is 0.232 e. The van der Waals surface area contributed by atoms with Gasteiger partial charge in [-0.15, -0.1) is 0 Å². The van der Waals surface area contributed by atoms with Crippen molar-refractivity contribution in [2.75, 3.05) is 5.32 Å². The van der Waals surface area contributed by atoms with Gasteiger partial charge in [-0.3, -0.25) is 4.79 Å². The van der Waals surface area contributed by atoms with Crippen LogP contribution in [0.1, 0.15) is 51.0 Å². The topological polar surface area (TPSA) is 42.0 Å². The number of anilines is 1. The average Bonchev–Trinajstić information content (AvgIpc) is 2.93. The minimum absolute atomic E-state index is 0.181. The molecule has 4 saturated carbocycles. The van der Waals surface area contributed by atoms with Crippen molar-refractivity contribution in [1.82, 2.24) is 4.98 Å². The van der Waals surface area contributed by atoms with E-state index in [1.54, 1.807) is 11.3 Å². The highest BCUT2D eigenvalue weighted by Crippen LogP contribution is 2.64. The summed E-state index contributed by atoms with van der Waals surface area (Å²) in [5.74, 6) is 1.64. The summed E-state index contributed by atoms with van der Waals surface area (Å²) < 4.78 is 1.37. The number of hydrogen-bond donors (Lipinski definition) is 1. The van der Waals surface area contributed by atoms with Crippen LogP contribution in [0.3, 0.4) is 0 Å². The Hall–Kier alpha value is -0.940. The largest absolute Gasteiger partial charge is 0.301 e. The lowest BCUT2D eigenvalue weighted by atomic mass is 9.49. The van der Waals surface area contributed by atoms with Gasteiger partial charge < -0.3 is 5.32 Å². The highest BCUT2D eigenvalue weighted by atomic mass is 79.9. The van der Waals surface area contributed by atoms with Crippen molar-refractivity contribution < 1.29 is 4.79 Å². The predicted octanol–water partition coefficient (Wildman–Crippen LogP) is 5.53. The monoisotopic (exact) mass is 418 g/mol. The fourth-order valence-electron chi connectivity index (χ4n) is 5.89. The molecule has 4 aliphatic rings. The van der Waals surface area contributed by atoms with Crippen LogP contribution in [0.2, 0.25) is 0 Å². The molecule has 4 bridgehead atoms. The fourth-order valence-corrected chi connectivity index (χ4v) is 8.27. The van der Waals surface area contributed by atoms with E-state index < -0.39 is 0 Å². The van der Waals surface area contributed by atoms with Gasteiger partial charge >= 0.3 is 0 Å². The van der Waals surface area contributed by atoms with Gasteiger partial charge in [0.15, 0.2) is 5.13 Å². The van der Waals surface area contributed by atoms with E-state index in [2.05, 4.69) is 51.4 Å². The van der Waals surface area contributed by atoms with E-state index in [1.165, 1.54) is 24.8 Å². The van der Waals surface area contributed by atoms with Gasteiger partial charge in [0, 0.05) is 4.32 Å². The SMILES string of the molecule is CCc1ccc2nc(NC(=O)C34C[C@H]5C[C@@H](CC(Br)(C5)C3)C4)sc2c1. The Kier molecular flexibility index (Phi) is 3.59. The predicted molar refractivity (Wildman–Crippen MR) is 106 cm³/mol. The van der Waals surface area contributed by atoms with Crippen molar-refractivity contribution in [2.45, 2.75) is 56.2 Å². The number of nitrogens with one attached hydrogen (secondary N) is 1. The van der Waals surface area contributed by atoms with Crippen LogP contribution in [0, 0.1) is 17.3 Å². The number of aromatic nitrogens is 1. The summed E-state index contributed by atoms with van der Waals surface area (Å²) in [5, 5.41) is 3.95. The zero-order valence-electron chi connectivity index (χ0n) is 14.5. The number of rotatable bonds is 3. The third kappa shape index (κ3) is 2.66. The summed E-state index contributed by atoms with van der Waals surface area (Å²) in [6.45, 7) is 2.16. The van der Waals surface area contributed by atoms with Gasteiger partial charge in [-0.05, 0) is 74.5 Å². The van der Waals surface area contributed by atoms with Crippen molar-refractivity contribution in [3.05, 3.63) is 23.8 Å². The summed E-state index contributed by atoms with van der Waals surface area (Å²) in [4.78, 5) is 17.9. The van der Waals surface area contributed by atoms with Gasteiger partial charge in [-0.25, -0.2) is 4.98 Å². The Labute approximate surface area is 160 Å². The van der Waals surface area contributed by atoms with E-state index in [-0.39, 0.29) is 15.6 Å². The summed E-state index contributed by atoms with van der Waals surface area (Å²) >= 11 is 5.60. The molecule has 1 amide bonds. The van der Waals surface area contributed by atoms with E-state index in [1.807, 2.05) is 0 Å². The molecule has 1 aromatic heterocycles. The summed E-state index contributed by atoms with van der Waals surface area (Å²) in [5.41, 5.74) is 2.12. The molecule has 4 aliphatic carbocycles. The van der Waals surface area contributed by atoms with Gasteiger partial charge in [0.2, 0.25) is 5.91 Å². The van der Waals surface area contributed by atoms with Gasteiger partial charge in [0.1, 0.15) is 0 Å². The van der Waals surface area contributed by atoms with Crippen LogP contribution in [-0.2, 0) is 11.2 Å². The standard InChI is InChI=1S/C20H23BrN2OS/c1-2-12-3-4-15-16(6-12)25-18(22-15)23-17(24)19-7-13-5-14(8-19)10-20(21,9-13)11-19/h3-4,6,13-14H,2,5,7-11H2,1H3,(H,22,23,24)/t13-,14-,19?,20?/m1/s1. The number of nitrogens with zero attached hydrogens (tertiary/aromatic N) is 1. The molecule has 5 heteroatoms. The first-order valence-electron chi connectivity index (χ1n) is 9.37. The van der Waals surface area contributed by atoms with Crippen LogP contribution in [0.4, 0.5) is 5.13 Å². The van der Waals surface area contributed by atoms with E-state index in [0.717, 1.165) is 41.0 Å². The van der Waals surface area contributed by atoms with Crippen molar-refractivity contribution in [1.29, 1.82) is 0 Å². The Bertz CT molecular complexity index is 846. The van der Waals surface area contributed by atoms with Crippen LogP contribution in [0.5, 0.6) is 0 Å². The highest BCUT2D eigenvalue weighted by molar-refractivity contribution is 9.10. The number of carbonyl (C=O) groups excluding carboxylic acids is 1. The molecule has 1 N–H and O–H groups in total. The third-order valence-electron chi connectivity index (χ3n) is 6.55. The number of alkyl halides is 1. The van der Waals surface area contributed by atoms with Crippen molar-refractivity contribution in [3.8, 4) is 0 Å². The van der Waals surface area contributed by atoms with Gasteiger partial charge in [-0.2, -0.15) is 0 Å². The number of halogens is 1. The molecule has 1 aromatic carbocycles. The fraction of sp³-hybridized carbons (Fsp3) is 0.600. The molecule has 0 saturated heterocycles. The highest BCUT2D eigenvalue weighted by Gasteiger charge is 2.59. The number of benzene rings is 1. The maximum Gasteiger partial charge on any atom is 0.232 e. The van der Waals surface area contributed by atoms with Crippen LogP contribution in [0.15, 0.2) is 18.2 Å². The molecule has 0 unspecified atom stereocenters. The number of amides is 1. The molecule has 1 heterocycles. The molecule has 25 heavy (non-hydrogen) atoms. The van der Waals surface area contributed by atoms with Gasteiger partial charge in [0.25, 0.3) is 0 Å². The van der Waals surface area contributed by atoms with Crippen LogP contribution in [0.25, 0.3) is 10.2 Å². The van der Waals surface area contributed by atoms with Crippen LogP contribution in [-0.4, -0.2) is 15.2 Å². The molecule has 3 nitrogen and oxygen atoms in total. The van der Waals surface area contributed by atoms with E-state index in [9.17, 15) is 4.79 Å². The second kappa shape index (κ2) is 5.53. The van der Waals surface area contributed by atoms with Crippen molar-refractivity contribution in [3.63, 3.8) is 0 Å². The number of thiazole rings is 1. The minimum atomic E-state index is -0.181. The first-order chi connectivity index (χ1) is 12.0. The van der Waals surface area contributed by atoms with E-state index >= 15 is 0 Å². The molecule has 0 spiro atoms. The molecule has 6 rings (SSSR count). The summed E-state index contributed by atoms with van der Waals surface area (Å²) in [6.07, 6.45) is 7.96. The quantitative estimate of drug-likeness (QED) is 0.665. The van der Waals surface area contributed by atoms with E-state index in [4.69, 9.17) is 0 Å². The summed E-state index contributed by atoms with van der Waals surface area (Å²) in [6, 6.07) is 6.39. The number of hydrogen-bond acceptors (Lipinski definition) is 3. The molecule has 2 aromatic rings. The summed E-state index contributed by atoms with van der Waals surface area (Å²) in [7, 11) is 0. The van der Waals surface area contributed by atoms with Crippen molar-refractivity contribution in [2.24, 2.45) is 17.3 Å². The van der Waals surface area contributed by atoms with Gasteiger partial charge in [-0.1, -0.05) is 40.3 Å². The molecule has 0 radical (unpaired) electrons. The van der Waals surface area contributed by atoms with E-state index in [0.29, 0.717) is 11.8 Å². The zero-order chi connectivity index (χ0) is 17.2. The zero-order valence-corrected chi connectivity index (χ0v) is 16.9. The van der Waals surface area contributed by atoms with Crippen LogP contribution < -0.4 is 5.32 Å². The Morgan fingerprint density at radius 1 is 1.32 bits per heavy atom. The second-order valence-corrected chi connectivity index (χ2v) is 11.2. The molecule has 4 fully saturated rings. The lowest BCUT2D eigenvalue weighted by molar-refractivity contribution is -0.138. The average molecular weight is 419 g/mol. The molecular formula is C20H23BrN2OS. The van der Waals surface area contributed by atoms with Crippen molar-refractivity contribution >= 4 is 48.5 Å². The molecule has 132 valence electrons. The number of carbonyl (C=O) groups is 1. The first-order valence-corrected chi connectivity index (χ1v) is 11.0. The Morgan fingerprint density at radius 2 is 2.08 bits per heavy atom. The maximum absolute atomic E-state index is 13.2.